The monoisotopic (exact) mass is 404 g/mol. The van der Waals surface area contributed by atoms with Gasteiger partial charge in [-0.3, -0.25) is 4.79 Å². The predicted molar refractivity (Wildman–Crippen MR) is 116 cm³/mol. The molecule has 0 unspecified atom stereocenters. The lowest BCUT2D eigenvalue weighted by molar-refractivity contribution is -0.127. The predicted octanol–water partition coefficient (Wildman–Crippen LogP) is 3.76. The van der Waals surface area contributed by atoms with Crippen LogP contribution in [-0.4, -0.2) is 48.4 Å². The van der Waals surface area contributed by atoms with Gasteiger partial charge in [0.25, 0.3) is 0 Å². The number of aromatic nitrogens is 5. The van der Waals surface area contributed by atoms with E-state index in [0.717, 1.165) is 55.1 Å². The van der Waals surface area contributed by atoms with Gasteiger partial charge in [-0.15, -0.1) is 0 Å². The number of carbonyl (C=O) groups is 1. The fourth-order valence-electron chi connectivity index (χ4n) is 4.95. The summed E-state index contributed by atoms with van der Waals surface area (Å²) < 4.78 is 2.38. The third kappa shape index (κ3) is 3.88. The number of piperidine rings is 1. The Morgan fingerprint density at radius 1 is 1.20 bits per heavy atom. The number of amides is 1. The molecule has 7 nitrogen and oxygen atoms in total. The highest BCUT2D eigenvalue weighted by Gasteiger charge is 2.28. The standard InChI is InChI=1S/C23H28N6O/c30-22(8-7-18-15-24-16-26-18)28-12-9-19(10-13-28)29-21(14-17-4-1-2-5-17)27-20-6-3-11-25-23(20)29/h3,6-8,11,15-17,19H,1-2,4-5,9-10,12-14H2,(H,24,26)/b8-7+. The highest BCUT2D eigenvalue weighted by atomic mass is 16.2. The summed E-state index contributed by atoms with van der Waals surface area (Å²) in [6, 6.07) is 4.38. The molecule has 0 radical (unpaired) electrons. The van der Waals surface area contributed by atoms with Crippen molar-refractivity contribution >= 4 is 23.1 Å². The van der Waals surface area contributed by atoms with Crippen molar-refractivity contribution in [1.82, 2.24) is 29.4 Å². The Labute approximate surface area is 176 Å². The topological polar surface area (TPSA) is 79.7 Å². The smallest absolute Gasteiger partial charge is 0.246 e. The summed E-state index contributed by atoms with van der Waals surface area (Å²) in [5, 5.41) is 0. The van der Waals surface area contributed by atoms with Gasteiger partial charge in [0, 0.05) is 37.8 Å². The van der Waals surface area contributed by atoms with Gasteiger partial charge >= 0.3 is 0 Å². The highest BCUT2D eigenvalue weighted by Crippen LogP contribution is 2.32. The highest BCUT2D eigenvalue weighted by molar-refractivity contribution is 5.91. The van der Waals surface area contributed by atoms with Crippen LogP contribution in [0, 0.1) is 5.92 Å². The van der Waals surface area contributed by atoms with Gasteiger partial charge in [-0.1, -0.05) is 25.7 Å². The van der Waals surface area contributed by atoms with E-state index in [1.807, 2.05) is 17.2 Å². The van der Waals surface area contributed by atoms with E-state index in [9.17, 15) is 4.79 Å². The third-order valence-corrected chi connectivity index (χ3v) is 6.53. The van der Waals surface area contributed by atoms with Crippen LogP contribution in [0.2, 0.25) is 0 Å². The summed E-state index contributed by atoms with van der Waals surface area (Å²) in [6.07, 6.45) is 16.8. The third-order valence-electron chi connectivity index (χ3n) is 6.53. The van der Waals surface area contributed by atoms with Crippen molar-refractivity contribution in [3.8, 4) is 0 Å². The second-order valence-corrected chi connectivity index (χ2v) is 8.50. The molecule has 0 aromatic carbocycles. The van der Waals surface area contributed by atoms with Gasteiger partial charge in [0.2, 0.25) is 5.91 Å². The number of hydrogen-bond donors (Lipinski definition) is 1. The molecule has 0 spiro atoms. The van der Waals surface area contributed by atoms with Gasteiger partial charge in [-0.05, 0) is 37.0 Å². The molecule has 30 heavy (non-hydrogen) atoms. The molecular formula is C23H28N6O. The molecule has 3 aromatic rings. The Kier molecular flexibility index (Phi) is 5.34. The lowest BCUT2D eigenvalue weighted by Crippen LogP contribution is -2.38. The van der Waals surface area contributed by atoms with E-state index in [0.29, 0.717) is 6.04 Å². The van der Waals surface area contributed by atoms with Crippen LogP contribution in [0.25, 0.3) is 17.2 Å². The zero-order valence-electron chi connectivity index (χ0n) is 17.2. The summed E-state index contributed by atoms with van der Waals surface area (Å²) in [6.45, 7) is 1.51. The van der Waals surface area contributed by atoms with Gasteiger partial charge in [0.15, 0.2) is 5.65 Å². The zero-order chi connectivity index (χ0) is 20.3. The number of likely N-dealkylation sites (tertiary alicyclic amines) is 1. The minimum atomic E-state index is 0.0582. The quantitative estimate of drug-likeness (QED) is 0.657. The van der Waals surface area contributed by atoms with Gasteiger partial charge < -0.3 is 14.5 Å². The lowest BCUT2D eigenvalue weighted by Gasteiger charge is -2.33. The number of pyridine rings is 1. The van der Waals surface area contributed by atoms with E-state index in [1.165, 1.54) is 31.5 Å². The number of nitrogens with zero attached hydrogens (tertiary/aromatic N) is 5. The first kappa shape index (κ1) is 19.0. The van der Waals surface area contributed by atoms with E-state index < -0.39 is 0 Å². The molecule has 1 aliphatic heterocycles. The van der Waals surface area contributed by atoms with E-state index in [-0.39, 0.29) is 5.91 Å². The van der Waals surface area contributed by atoms with Crippen LogP contribution in [0.15, 0.2) is 36.9 Å². The summed E-state index contributed by atoms with van der Waals surface area (Å²) >= 11 is 0. The zero-order valence-corrected chi connectivity index (χ0v) is 17.2. The Hall–Kier alpha value is -2.96. The fraction of sp³-hybridized carbons (Fsp3) is 0.478. The molecule has 4 heterocycles. The van der Waals surface area contributed by atoms with Crippen LogP contribution < -0.4 is 0 Å². The Balaban J connectivity index is 1.31. The van der Waals surface area contributed by atoms with Crippen molar-refractivity contribution in [2.45, 2.75) is 51.0 Å². The average molecular weight is 405 g/mol. The largest absolute Gasteiger partial charge is 0.345 e. The maximum atomic E-state index is 12.6. The van der Waals surface area contributed by atoms with Crippen LogP contribution in [-0.2, 0) is 11.2 Å². The number of fused-ring (bicyclic) bond motifs is 1. The molecule has 1 saturated carbocycles. The van der Waals surface area contributed by atoms with Crippen molar-refractivity contribution in [3.05, 3.63) is 48.4 Å². The molecule has 2 fully saturated rings. The second-order valence-electron chi connectivity index (χ2n) is 8.50. The van der Waals surface area contributed by atoms with Gasteiger partial charge in [-0.25, -0.2) is 15.0 Å². The minimum Gasteiger partial charge on any atom is -0.345 e. The molecular weight excluding hydrogens is 376 g/mol. The van der Waals surface area contributed by atoms with E-state index in [1.54, 1.807) is 24.7 Å². The first-order valence-corrected chi connectivity index (χ1v) is 11.0. The van der Waals surface area contributed by atoms with Gasteiger partial charge in [0.05, 0.1) is 18.2 Å². The molecule has 2 aliphatic rings. The lowest BCUT2D eigenvalue weighted by atomic mass is 10.0. The maximum Gasteiger partial charge on any atom is 0.246 e. The number of rotatable bonds is 5. The summed E-state index contributed by atoms with van der Waals surface area (Å²) in [7, 11) is 0. The van der Waals surface area contributed by atoms with Crippen molar-refractivity contribution in [2.75, 3.05) is 13.1 Å². The summed E-state index contributed by atoms with van der Waals surface area (Å²) in [4.78, 5) is 31.1. The van der Waals surface area contributed by atoms with Crippen molar-refractivity contribution < 1.29 is 4.79 Å². The van der Waals surface area contributed by atoms with Gasteiger partial charge in [0.1, 0.15) is 11.3 Å². The van der Waals surface area contributed by atoms with Crippen LogP contribution in [0.3, 0.4) is 0 Å². The fourth-order valence-corrected chi connectivity index (χ4v) is 4.95. The summed E-state index contributed by atoms with van der Waals surface area (Å²) in [5.74, 6) is 1.98. The second kappa shape index (κ2) is 8.42. The molecule has 1 aliphatic carbocycles. The Morgan fingerprint density at radius 3 is 2.80 bits per heavy atom. The molecule has 1 amide bonds. The number of aromatic amines is 1. The van der Waals surface area contributed by atoms with Gasteiger partial charge in [-0.2, -0.15) is 0 Å². The minimum absolute atomic E-state index is 0.0582. The van der Waals surface area contributed by atoms with Crippen LogP contribution >= 0.6 is 0 Å². The average Bonchev–Trinajstić information content (AvgIpc) is 3.53. The van der Waals surface area contributed by atoms with E-state index in [4.69, 9.17) is 4.98 Å². The number of H-pyrrole nitrogens is 1. The van der Waals surface area contributed by atoms with Crippen LogP contribution in [0.1, 0.15) is 56.1 Å². The number of hydrogen-bond acceptors (Lipinski definition) is 4. The number of carbonyl (C=O) groups excluding carboxylic acids is 1. The molecule has 0 atom stereocenters. The molecule has 7 heteroatoms. The molecule has 5 rings (SSSR count). The number of imidazole rings is 2. The molecule has 3 aromatic heterocycles. The Morgan fingerprint density at radius 2 is 2.03 bits per heavy atom. The molecule has 1 saturated heterocycles. The Bertz CT molecular complexity index is 1020. The van der Waals surface area contributed by atoms with E-state index in [2.05, 4.69) is 25.6 Å². The normalized spacial score (nSPS) is 18.7. The SMILES string of the molecule is O=C(/C=C/c1cnc[nH]1)N1CCC(n2c(CC3CCCC3)nc3cccnc32)CC1. The molecule has 0 bridgehead atoms. The van der Waals surface area contributed by atoms with E-state index >= 15 is 0 Å². The van der Waals surface area contributed by atoms with Crippen LogP contribution in [0.5, 0.6) is 0 Å². The first-order valence-electron chi connectivity index (χ1n) is 11.0. The number of nitrogens with one attached hydrogen (secondary N) is 1. The van der Waals surface area contributed by atoms with Crippen molar-refractivity contribution in [2.24, 2.45) is 5.92 Å². The van der Waals surface area contributed by atoms with Crippen molar-refractivity contribution in [3.63, 3.8) is 0 Å². The molecule has 1 N–H and O–H groups in total. The molecule has 156 valence electrons. The van der Waals surface area contributed by atoms with Crippen molar-refractivity contribution in [1.29, 1.82) is 0 Å². The first-order chi connectivity index (χ1) is 14.8. The van der Waals surface area contributed by atoms with Crippen LogP contribution in [0.4, 0.5) is 0 Å². The summed E-state index contributed by atoms with van der Waals surface area (Å²) in [5.41, 5.74) is 2.83. The maximum absolute atomic E-state index is 12.6.